The molecule has 25 heavy (non-hydrogen) atoms. The highest BCUT2D eigenvalue weighted by molar-refractivity contribution is 7.07. The van der Waals surface area contributed by atoms with Crippen LogP contribution in [-0.2, 0) is 6.54 Å². The molecule has 0 saturated carbocycles. The molecule has 5 nitrogen and oxygen atoms in total. The quantitative estimate of drug-likeness (QED) is 0.848. The average Bonchev–Trinajstić information content (AvgIpc) is 3.32. The van der Waals surface area contributed by atoms with Gasteiger partial charge in [-0.05, 0) is 60.7 Å². The van der Waals surface area contributed by atoms with Gasteiger partial charge in [-0.3, -0.25) is 0 Å². The minimum absolute atomic E-state index is 0.0153. The highest BCUT2D eigenvalue weighted by atomic mass is 32.1. The van der Waals surface area contributed by atoms with Gasteiger partial charge in [0.25, 0.3) is 0 Å². The van der Waals surface area contributed by atoms with Gasteiger partial charge in [0.2, 0.25) is 0 Å². The number of carbonyl (C=O) groups is 1. The summed E-state index contributed by atoms with van der Waals surface area (Å²) in [6, 6.07) is 6.42. The van der Waals surface area contributed by atoms with Crippen LogP contribution in [0.3, 0.4) is 0 Å². The van der Waals surface area contributed by atoms with Gasteiger partial charge in [0.1, 0.15) is 5.82 Å². The normalized spacial score (nSPS) is 16.9. The Hall–Kier alpha value is -2.08. The molecular formula is C19H26N4OS. The number of carbonyl (C=O) groups excluding carboxylic acids is 1. The van der Waals surface area contributed by atoms with E-state index in [1.807, 2.05) is 23.2 Å². The van der Waals surface area contributed by atoms with E-state index in [4.69, 9.17) is 0 Å². The maximum atomic E-state index is 12.6. The van der Waals surface area contributed by atoms with Crippen molar-refractivity contribution in [3.05, 3.63) is 46.3 Å². The average molecular weight is 359 g/mol. The Kier molecular flexibility index (Phi) is 5.91. The molecule has 1 saturated heterocycles. The van der Waals surface area contributed by atoms with Crippen LogP contribution in [0.2, 0.25) is 0 Å². The number of rotatable bonds is 6. The Balaban J connectivity index is 1.57. The number of hydrogen-bond acceptors (Lipinski definition) is 4. The van der Waals surface area contributed by atoms with Crippen LogP contribution in [-0.4, -0.2) is 35.5 Å². The van der Waals surface area contributed by atoms with E-state index in [1.165, 1.54) is 5.56 Å². The van der Waals surface area contributed by atoms with Crippen LogP contribution >= 0.6 is 11.3 Å². The summed E-state index contributed by atoms with van der Waals surface area (Å²) in [7, 11) is 0. The number of aromatic nitrogens is 1. The van der Waals surface area contributed by atoms with E-state index in [-0.39, 0.29) is 12.1 Å². The van der Waals surface area contributed by atoms with Crippen molar-refractivity contribution < 1.29 is 4.79 Å². The van der Waals surface area contributed by atoms with Gasteiger partial charge < -0.3 is 15.1 Å². The van der Waals surface area contributed by atoms with E-state index in [9.17, 15) is 4.79 Å². The van der Waals surface area contributed by atoms with E-state index in [0.29, 0.717) is 6.54 Å². The summed E-state index contributed by atoms with van der Waals surface area (Å²) in [5.41, 5.74) is 2.28. The van der Waals surface area contributed by atoms with Gasteiger partial charge in [0.15, 0.2) is 0 Å². The van der Waals surface area contributed by atoms with Crippen LogP contribution in [0.25, 0.3) is 0 Å². The van der Waals surface area contributed by atoms with Gasteiger partial charge in [0, 0.05) is 32.4 Å². The first-order valence-electron chi connectivity index (χ1n) is 8.99. The fourth-order valence-corrected chi connectivity index (χ4v) is 4.06. The van der Waals surface area contributed by atoms with Crippen LogP contribution in [0.1, 0.15) is 43.9 Å². The molecule has 1 N–H and O–H groups in total. The summed E-state index contributed by atoms with van der Waals surface area (Å²) in [5, 5.41) is 7.27. The van der Waals surface area contributed by atoms with E-state index in [2.05, 4.69) is 45.9 Å². The van der Waals surface area contributed by atoms with Crippen LogP contribution in [0.4, 0.5) is 10.6 Å². The van der Waals surface area contributed by atoms with Crippen molar-refractivity contribution in [3.8, 4) is 0 Å². The minimum atomic E-state index is 0.0153. The first-order valence-corrected chi connectivity index (χ1v) is 9.93. The number of urea groups is 1. The molecule has 3 heterocycles. The minimum Gasteiger partial charge on any atom is -0.357 e. The molecule has 1 unspecified atom stereocenters. The standard InChI is InChI=1S/C19H26N4OS/c1-3-22(4-2)18-8-7-15(12-20-18)13-21-19(24)23-10-5-6-17(23)16-9-11-25-14-16/h7-9,11-12,14,17H,3-6,10,13H2,1-2H3,(H,21,24). The molecule has 1 aliphatic heterocycles. The molecule has 3 rings (SSSR count). The lowest BCUT2D eigenvalue weighted by Crippen LogP contribution is -2.39. The summed E-state index contributed by atoms with van der Waals surface area (Å²) < 4.78 is 0. The van der Waals surface area contributed by atoms with Crippen molar-refractivity contribution in [1.29, 1.82) is 0 Å². The summed E-state index contributed by atoms with van der Waals surface area (Å²) in [6.07, 6.45) is 3.96. The monoisotopic (exact) mass is 358 g/mol. The second-order valence-electron chi connectivity index (χ2n) is 6.26. The second kappa shape index (κ2) is 8.34. The lowest BCUT2D eigenvalue weighted by molar-refractivity contribution is 0.192. The van der Waals surface area contributed by atoms with Gasteiger partial charge in [-0.2, -0.15) is 11.3 Å². The summed E-state index contributed by atoms with van der Waals surface area (Å²) >= 11 is 1.69. The van der Waals surface area contributed by atoms with Crippen LogP contribution in [0.5, 0.6) is 0 Å². The van der Waals surface area contributed by atoms with Crippen molar-refractivity contribution in [1.82, 2.24) is 15.2 Å². The molecular weight excluding hydrogens is 332 g/mol. The zero-order valence-corrected chi connectivity index (χ0v) is 15.8. The lowest BCUT2D eigenvalue weighted by Gasteiger charge is -2.24. The van der Waals surface area contributed by atoms with Gasteiger partial charge >= 0.3 is 6.03 Å². The predicted molar refractivity (Wildman–Crippen MR) is 103 cm³/mol. The van der Waals surface area contributed by atoms with Gasteiger partial charge in [-0.15, -0.1) is 0 Å². The van der Waals surface area contributed by atoms with Gasteiger partial charge in [0.05, 0.1) is 6.04 Å². The first-order chi connectivity index (χ1) is 12.2. The SMILES string of the molecule is CCN(CC)c1ccc(CNC(=O)N2CCCC2c2ccsc2)cn1. The molecule has 1 fully saturated rings. The molecule has 6 heteroatoms. The third kappa shape index (κ3) is 4.12. The Bertz CT molecular complexity index is 667. The molecule has 0 aromatic carbocycles. The smallest absolute Gasteiger partial charge is 0.318 e. The number of hydrogen-bond donors (Lipinski definition) is 1. The van der Waals surface area contributed by atoms with Crippen molar-refractivity contribution in [2.24, 2.45) is 0 Å². The molecule has 0 bridgehead atoms. The van der Waals surface area contributed by atoms with Crippen molar-refractivity contribution in [2.45, 2.75) is 39.3 Å². The topological polar surface area (TPSA) is 48.5 Å². The van der Waals surface area contributed by atoms with Crippen LogP contribution < -0.4 is 10.2 Å². The van der Waals surface area contributed by atoms with E-state index in [0.717, 1.165) is 43.9 Å². The fourth-order valence-electron chi connectivity index (χ4n) is 3.36. The first kappa shape index (κ1) is 17.7. The fraction of sp³-hybridized carbons (Fsp3) is 0.474. The Morgan fingerprint density at radius 1 is 1.36 bits per heavy atom. The Morgan fingerprint density at radius 2 is 2.20 bits per heavy atom. The van der Waals surface area contributed by atoms with Crippen LogP contribution in [0.15, 0.2) is 35.2 Å². The molecule has 0 spiro atoms. The summed E-state index contributed by atoms with van der Waals surface area (Å²) in [4.78, 5) is 21.3. The third-order valence-electron chi connectivity index (χ3n) is 4.78. The van der Waals surface area contributed by atoms with E-state index in [1.54, 1.807) is 11.3 Å². The van der Waals surface area contributed by atoms with Crippen LogP contribution in [0, 0.1) is 0 Å². The number of thiophene rings is 1. The Labute approximate surface area is 153 Å². The largest absolute Gasteiger partial charge is 0.357 e. The second-order valence-corrected chi connectivity index (χ2v) is 7.04. The summed E-state index contributed by atoms with van der Waals surface area (Å²) in [5.74, 6) is 0.983. The number of nitrogens with one attached hydrogen (secondary N) is 1. The number of pyridine rings is 1. The molecule has 134 valence electrons. The van der Waals surface area contributed by atoms with Crippen molar-refractivity contribution in [3.63, 3.8) is 0 Å². The van der Waals surface area contributed by atoms with Crippen molar-refractivity contribution in [2.75, 3.05) is 24.5 Å². The maximum Gasteiger partial charge on any atom is 0.318 e. The van der Waals surface area contributed by atoms with E-state index >= 15 is 0 Å². The number of amides is 2. The molecule has 1 aliphatic rings. The number of likely N-dealkylation sites (tertiary alicyclic amines) is 1. The Morgan fingerprint density at radius 3 is 2.84 bits per heavy atom. The molecule has 2 aromatic heterocycles. The van der Waals surface area contributed by atoms with Gasteiger partial charge in [-0.25, -0.2) is 9.78 Å². The summed E-state index contributed by atoms with van der Waals surface area (Å²) in [6.45, 7) is 7.47. The molecule has 2 aromatic rings. The van der Waals surface area contributed by atoms with Gasteiger partial charge in [-0.1, -0.05) is 6.07 Å². The number of nitrogens with zero attached hydrogens (tertiary/aromatic N) is 3. The zero-order chi connectivity index (χ0) is 17.6. The van der Waals surface area contributed by atoms with E-state index < -0.39 is 0 Å². The molecule has 0 radical (unpaired) electrons. The van der Waals surface area contributed by atoms with Crippen molar-refractivity contribution >= 4 is 23.2 Å². The highest BCUT2D eigenvalue weighted by Crippen LogP contribution is 2.32. The highest BCUT2D eigenvalue weighted by Gasteiger charge is 2.29. The molecule has 2 amide bonds. The third-order valence-corrected chi connectivity index (χ3v) is 5.48. The zero-order valence-electron chi connectivity index (χ0n) is 14.9. The molecule has 0 aliphatic carbocycles. The maximum absolute atomic E-state index is 12.6. The number of anilines is 1. The predicted octanol–water partition coefficient (Wildman–Crippen LogP) is 4.04. The molecule has 1 atom stereocenters. The lowest BCUT2D eigenvalue weighted by atomic mass is 10.1.